The third-order valence-electron chi connectivity index (χ3n) is 5.83. The van der Waals surface area contributed by atoms with E-state index in [-0.39, 0.29) is 24.1 Å². The van der Waals surface area contributed by atoms with Crippen LogP contribution in [-0.4, -0.2) is 29.6 Å². The van der Waals surface area contributed by atoms with Gasteiger partial charge in [0.05, 0.1) is 23.9 Å². The number of aromatic nitrogens is 1. The van der Waals surface area contributed by atoms with E-state index >= 15 is 0 Å². The summed E-state index contributed by atoms with van der Waals surface area (Å²) in [6.45, 7) is 3.03. The van der Waals surface area contributed by atoms with Crippen LogP contribution >= 0.6 is 11.8 Å². The maximum atomic E-state index is 14.0. The highest BCUT2D eigenvalue weighted by Crippen LogP contribution is 2.31. The van der Waals surface area contributed by atoms with Crippen molar-refractivity contribution in [2.75, 3.05) is 13.1 Å². The van der Waals surface area contributed by atoms with Crippen LogP contribution in [0.25, 0.3) is 0 Å². The largest absolute Gasteiger partial charge is 0.310 e. The first-order valence-corrected chi connectivity index (χ1v) is 13.3. The van der Waals surface area contributed by atoms with Crippen molar-refractivity contribution in [2.45, 2.75) is 24.7 Å². The summed E-state index contributed by atoms with van der Waals surface area (Å²) in [6.07, 6.45) is 13.0. The van der Waals surface area contributed by atoms with E-state index in [2.05, 4.69) is 10.3 Å². The minimum atomic E-state index is -0.366. The fraction of sp³-hybridized carbons (Fsp3) is 0.194. The number of nitrogens with zero attached hydrogens (tertiary/aromatic N) is 2. The van der Waals surface area contributed by atoms with Crippen molar-refractivity contribution >= 4 is 23.3 Å². The topological polar surface area (TPSA) is 54.4 Å². The Kier molecular flexibility index (Phi) is 9.74. The summed E-state index contributed by atoms with van der Waals surface area (Å²) in [7, 11) is 0. The number of halogens is 1. The molecule has 3 aromatic rings. The molecule has 1 N–H and O–H groups in total. The van der Waals surface area contributed by atoms with Crippen LogP contribution < -0.4 is 5.32 Å². The van der Waals surface area contributed by atoms with Crippen molar-refractivity contribution in [2.24, 2.45) is 10.9 Å². The van der Waals surface area contributed by atoms with Crippen LogP contribution in [0.2, 0.25) is 0 Å². The number of allylic oxidation sites excluding steroid dienone is 4. The third-order valence-corrected chi connectivity index (χ3v) is 6.79. The molecule has 0 radical (unpaired) electrons. The second-order valence-electron chi connectivity index (χ2n) is 8.60. The summed E-state index contributed by atoms with van der Waals surface area (Å²) >= 11 is 1.57. The van der Waals surface area contributed by atoms with Crippen LogP contribution in [-0.2, 0) is 11.2 Å². The summed E-state index contributed by atoms with van der Waals surface area (Å²) in [5.74, 6) is -0.580. The molecule has 1 aliphatic rings. The second kappa shape index (κ2) is 13.6. The summed E-state index contributed by atoms with van der Waals surface area (Å²) in [5, 5.41) is 5.23. The van der Waals surface area contributed by atoms with Crippen molar-refractivity contribution < 1.29 is 9.18 Å². The second-order valence-corrected chi connectivity index (χ2v) is 9.51. The van der Waals surface area contributed by atoms with Crippen LogP contribution in [0.3, 0.4) is 0 Å². The molecule has 1 unspecified atom stereocenters. The average Bonchev–Trinajstić information content (AvgIpc) is 3.11. The number of carbonyl (C=O) groups is 1. The van der Waals surface area contributed by atoms with Crippen molar-refractivity contribution in [3.05, 3.63) is 131 Å². The SMILES string of the molecule is CC/C=C\C(C=CC1=CSc2ccccc2C(c2cccc(F)c2)=N1)C(=O)CNCCc1cccnc1. The van der Waals surface area contributed by atoms with Gasteiger partial charge in [-0.05, 0) is 55.3 Å². The highest BCUT2D eigenvalue weighted by Gasteiger charge is 2.17. The van der Waals surface area contributed by atoms with Crippen molar-refractivity contribution in [1.29, 1.82) is 0 Å². The van der Waals surface area contributed by atoms with Gasteiger partial charge in [0.1, 0.15) is 5.82 Å². The Morgan fingerprint density at radius 3 is 2.81 bits per heavy atom. The monoisotopic (exact) mass is 511 g/mol. The van der Waals surface area contributed by atoms with Crippen LogP contribution in [0.5, 0.6) is 0 Å². The molecule has 1 atom stereocenters. The Balaban J connectivity index is 1.50. The number of thioether (sulfide) groups is 1. The Morgan fingerprint density at radius 2 is 2.00 bits per heavy atom. The molecule has 0 bridgehead atoms. The van der Waals surface area contributed by atoms with Gasteiger partial charge in [-0.15, -0.1) is 0 Å². The molecule has 37 heavy (non-hydrogen) atoms. The number of carbonyl (C=O) groups excluding carboxylic acids is 1. The van der Waals surface area contributed by atoms with Crippen molar-refractivity contribution in [3.8, 4) is 0 Å². The zero-order chi connectivity index (χ0) is 25.9. The Hall–Kier alpha value is -3.61. The standard InChI is InChI=1S/C31H30FN3OS/c1-2-3-9-24(29(36)21-34-18-16-23-8-7-17-33-20-23)14-15-27-22-37-30-13-5-4-12-28(30)31(35-27)25-10-6-11-26(32)19-25/h3-15,17,19-20,22,24,34H,2,16,18,21H2,1H3/b9-3-,15-14?. The van der Waals surface area contributed by atoms with Gasteiger partial charge in [0.2, 0.25) is 0 Å². The first-order chi connectivity index (χ1) is 18.1. The average molecular weight is 512 g/mol. The summed E-state index contributed by atoms with van der Waals surface area (Å²) in [6, 6.07) is 18.4. The van der Waals surface area contributed by atoms with Gasteiger partial charge in [-0.1, -0.05) is 73.3 Å². The number of nitrogens with one attached hydrogen (secondary N) is 1. The molecule has 0 saturated carbocycles. The lowest BCUT2D eigenvalue weighted by atomic mass is 10.0. The van der Waals surface area contributed by atoms with Gasteiger partial charge in [0.25, 0.3) is 0 Å². The molecule has 188 valence electrons. The minimum Gasteiger partial charge on any atom is -0.310 e. The van der Waals surface area contributed by atoms with E-state index in [0.717, 1.165) is 28.9 Å². The number of Topliss-reactive ketones (excluding diaryl/α,β-unsaturated/α-hetero) is 1. The van der Waals surface area contributed by atoms with E-state index in [0.29, 0.717) is 23.5 Å². The molecule has 2 heterocycles. The van der Waals surface area contributed by atoms with Crippen LogP contribution in [0.1, 0.15) is 30.0 Å². The number of ketones is 1. The molecule has 2 aromatic carbocycles. The quantitative estimate of drug-likeness (QED) is 0.234. The Bertz CT molecular complexity index is 1330. The van der Waals surface area contributed by atoms with Gasteiger partial charge >= 0.3 is 0 Å². The fourth-order valence-electron chi connectivity index (χ4n) is 3.91. The van der Waals surface area contributed by atoms with Gasteiger partial charge in [-0.25, -0.2) is 9.38 Å². The number of hydrogen-bond donors (Lipinski definition) is 1. The van der Waals surface area contributed by atoms with Crippen molar-refractivity contribution in [1.82, 2.24) is 10.3 Å². The molecular weight excluding hydrogens is 481 g/mol. The lowest BCUT2D eigenvalue weighted by Crippen LogP contribution is -2.28. The van der Waals surface area contributed by atoms with Gasteiger partial charge in [0, 0.05) is 33.8 Å². The molecule has 0 amide bonds. The highest BCUT2D eigenvalue weighted by molar-refractivity contribution is 8.02. The van der Waals surface area contributed by atoms with E-state index in [1.54, 1.807) is 24.0 Å². The molecule has 0 aliphatic carbocycles. The molecule has 0 spiro atoms. The summed E-state index contributed by atoms with van der Waals surface area (Å²) in [4.78, 5) is 23.1. The maximum absolute atomic E-state index is 14.0. The van der Waals surface area contributed by atoms with Crippen LogP contribution in [0.15, 0.2) is 118 Å². The summed E-state index contributed by atoms with van der Waals surface area (Å²) < 4.78 is 14.0. The summed E-state index contributed by atoms with van der Waals surface area (Å²) in [5.41, 5.74) is 4.22. The van der Waals surface area contributed by atoms with E-state index in [4.69, 9.17) is 4.99 Å². The number of fused-ring (bicyclic) bond motifs is 1. The lowest BCUT2D eigenvalue weighted by molar-refractivity contribution is -0.119. The predicted octanol–water partition coefficient (Wildman–Crippen LogP) is 6.55. The van der Waals surface area contributed by atoms with Crippen LogP contribution in [0, 0.1) is 11.7 Å². The fourth-order valence-corrected chi connectivity index (χ4v) is 4.74. The van der Waals surface area contributed by atoms with E-state index in [1.165, 1.54) is 12.1 Å². The molecule has 0 fully saturated rings. The highest BCUT2D eigenvalue weighted by atomic mass is 32.2. The van der Waals surface area contributed by atoms with Crippen molar-refractivity contribution in [3.63, 3.8) is 0 Å². The maximum Gasteiger partial charge on any atom is 0.157 e. The van der Waals surface area contributed by atoms with E-state index in [9.17, 15) is 9.18 Å². The number of pyridine rings is 1. The first-order valence-electron chi connectivity index (χ1n) is 12.4. The molecule has 4 nitrogen and oxygen atoms in total. The smallest absolute Gasteiger partial charge is 0.157 e. The molecule has 6 heteroatoms. The molecule has 4 rings (SSSR count). The molecule has 1 aromatic heterocycles. The zero-order valence-electron chi connectivity index (χ0n) is 20.8. The third kappa shape index (κ3) is 7.68. The predicted molar refractivity (Wildman–Crippen MR) is 150 cm³/mol. The van der Waals surface area contributed by atoms with Crippen LogP contribution in [0.4, 0.5) is 4.39 Å². The van der Waals surface area contributed by atoms with Gasteiger partial charge in [-0.2, -0.15) is 0 Å². The van der Waals surface area contributed by atoms with Gasteiger partial charge in [0.15, 0.2) is 5.78 Å². The first kappa shape index (κ1) is 26.5. The molecule has 1 aliphatic heterocycles. The number of benzene rings is 2. The Labute approximate surface area is 222 Å². The zero-order valence-corrected chi connectivity index (χ0v) is 21.6. The molecular formula is C31H30FN3OS. The number of rotatable bonds is 11. The van der Waals surface area contributed by atoms with Gasteiger partial charge in [-0.3, -0.25) is 9.78 Å². The number of aliphatic imine (C=N–C) groups is 1. The van der Waals surface area contributed by atoms with E-state index < -0.39 is 0 Å². The lowest BCUT2D eigenvalue weighted by Gasteiger charge is -2.10. The Morgan fingerprint density at radius 1 is 1.11 bits per heavy atom. The minimum absolute atomic E-state index is 0.0895. The van der Waals surface area contributed by atoms with E-state index in [1.807, 2.05) is 85.3 Å². The molecule has 0 saturated heterocycles. The van der Waals surface area contributed by atoms with Gasteiger partial charge < -0.3 is 5.32 Å². The number of hydrogen-bond acceptors (Lipinski definition) is 5. The normalized spacial score (nSPS) is 14.2.